The van der Waals surface area contributed by atoms with Gasteiger partial charge in [0, 0.05) is 12.2 Å². The van der Waals surface area contributed by atoms with Gasteiger partial charge in [-0.1, -0.05) is 0 Å². The zero-order valence-corrected chi connectivity index (χ0v) is 10.3. The molecule has 1 aliphatic carbocycles. The molecule has 1 atom stereocenters. The second-order valence-electron chi connectivity index (χ2n) is 4.58. The molecule has 2 N–H and O–H groups in total. The van der Waals surface area contributed by atoms with Gasteiger partial charge in [-0.05, 0) is 31.9 Å². The van der Waals surface area contributed by atoms with Crippen molar-refractivity contribution in [2.75, 3.05) is 5.32 Å². The van der Waals surface area contributed by atoms with Crippen LogP contribution in [0.25, 0.3) is 0 Å². The average molecular weight is 273 g/mol. The van der Waals surface area contributed by atoms with E-state index >= 15 is 0 Å². The third-order valence-corrected chi connectivity index (χ3v) is 2.77. The first-order chi connectivity index (χ1) is 8.86. The van der Waals surface area contributed by atoms with Gasteiger partial charge in [0.2, 0.25) is 5.91 Å². The summed E-state index contributed by atoms with van der Waals surface area (Å²) in [5.74, 6) is 0.0654. The number of carbonyl (C=O) groups excluding carboxylic acids is 1. The maximum absolute atomic E-state index is 12.3. The minimum absolute atomic E-state index is 0.177. The molecule has 0 aliphatic heterocycles. The average Bonchev–Trinajstić information content (AvgIpc) is 3.12. The number of anilines is 1. The third-order valence-electron chi connectivity index (χ3n) is 2.77. The Balaban J connectivity index is 1.93. The third kappa shape index (κ3) is 3.84. The summed E-state index contributed by atoms with van der Waals surface area (Å²) < 4.78 is 37.0. The minimum Gasteiger partial charge on any atom is -0.359 e. The predicted octanol–water partition coefficient (Wildman–Crippen LogP) is 2.18. The molecule has 1 aromatic rings. The summed E-state index contributed by atoms with van der Waals surface area (Å²) in [6, 6.07) is 1.85. The van der Waals surface area contributed by atoms with Crippen LogP contribution in [0.5, 0.6) is 0 Å². The van der Waals surface area contributed by atoms with Crippen LogP contribution in [0.4, 0.5) is 19.0 Å². The quantitative estimate of drug-likeness (QED) is 0.884. The summed E-state index contributed by atoms with van der Waals surface area (Å²) in [5, 5.41) is 5.56. The molecule has 2 rings (SSSR count). The van der Waals surface area contributed by atoms with Gasteiger partial charge in [-0.25, -0.2) is 4.98 Å². The lowest BCUT2D eigenvalue weighted by Crippen LogP contribution is -2.38. The van der Waals surface area contributed by atoms with Crippen LogP contribution >= 0.6 is 0 Å². The molecular weight excluding hydrogens is 259 g/mol. The van der Waals surface area contributed by atoms with Crippen LogP contribution in [0.15, 0.2) is 18.3 Å². The van der Waals surface area contributed by atoms with Gasteiger partial charge in [0.25, 0.3) is 0 Å². The molecular formula is C12H14F3N3O. The number of rotatable bonds is 4. The van der Waals surface area contributed by atoms with Gasteiger partial charge < -0.3 is 10.6 Å². The molecule has 1 saturated carbocycles. The van der Waals surface area contributed by atoms with Crippen LogP contribution in [-0.4, -0.2) is 23.0 Å². The Bertz CT molecular complexity index is 454. The highest BCUT2D eigenvalue weighted by molar-refractivity contribution is 5.84. The number of hydrogen-bond acceptors (Lipinski definition) is 3. The number of nitrogens with zero attached hydrogens (tertiary/aromatic N) is 1. The van der Waals surface area contributed by atoms with Crippen LogP contribution in [0.2, 0.25) is 0 Å². The zero-order chi connectivity index (χ0) is 14.0. The minimum atomic E-state index is -4.40. The van der Waals surface area contributed by atoms with Crippen molar-refractivity contribution in [3.8, 4) is 0 Å². The Hall–Kier alpha value is -1.79. The Morgan fingerprint density at radius 1 is 1.42 bits per heavy atom. The van der Waals surface area contributed by atoms with E-state index in [9.17, 15) is 18.0 Å². The van der Waals surface area contributed by atoms with E-state index in [1.807, 2.05) is 0 Å². The van der Waals surface area contributed by atoms with Crippen LogP contribution < -0.4 is 10.6 Å². The van der Waals surface area contributed by atoms with Gasteiger partial charge in [0.15, 0.2) is 0 Å². The fraction of sp³-hybridized carbons (Fsp3) is 0.500. The van der Waals surface area contributed by atoms with E-state index < -0.39 is 17.8 Å². The molecule has 1 unspecified atom stereocenters. The zero-order valence-electron chi connectivity index (χ0n) is 10.3. The van der Waals surface area contributed by atoms with Crippen molar-refractivity contribution in [2.24, 2.45) is 0 Å². The summed E-state index contributed by atoms with van der Waals surface area (Å²) >= 11 is 0. The van der Waals surface area contributed by atoms with Crippen LogP contribution in [0, 0.1) is 0 Å². The Labute approximate surface area is 108 Å². The second kappa shape index (κ2) is 5.07. The first-order valence-corrected chi connectivity index (χ1v) is 5.96. The maximum Gasteiger partial charge on any atom is 0.417 e. The lowest BCUT2D eigenvalue weighted by molar-refractivity contribution is -0.137. The molecule has 104 valence electrons. The largest absolute Gasteiger partial charge is 0.417 e. The van der Waals surface area contributed by atoms with Crippen molar-refractivity contribution in [1.82, 2.24) is 10.3 Å². The Morgan fingerprint density at radius 2 is 2.11 bits per heavy atom. The highest BCUT2D eigenvalue weighted by Crippen LogP contribution is 2.28. The van der Waals surface area contributed by atoms with Gasteiger partial charge in [-0.2, -0.15) is 13.2 Å². The Morgan fingerprint density at radius 3 is 2.58 bits per heavy atom. The van der Waals surface area contributed by atoms with Gasteiger partial charge >= 0.3 is 6.18 Å². The summed E-state index contributed by atoms with van der Waals surface area (Å²) in [5.41, 5.74) is -0.812. The van der Waals surface area contributed by atoms with Gasteiger partial charge in [-0.3, -0.25) is 4.79 Å². The topological polar surface area (TPSA) is 54.0 Å². The van der Waals surface area contributed by atoms with Crippen molar-refractivity contribution in [2.45, 2.75) is 38.0 Å². The predicted molar refractivity (Wildman–Crippen MR) is 63.5 cm³/mol. The van der Waals surface area contributed by atoms with Crippen molar-refractivity contribution in [3.63, 3.8) is 0 Å². The SMILES string of the molecule is CC(Nc1ccc(C(F)(F)F)cn1)C(=O)NC1CC1. The van der Waals surface area contributed by atoms with Gasteiger partial charge in [0.05, 0.1) is 5.56 Å². The van der Waals surface area contributed by atoms with E-state index in [0.29, 0.717) is 0 Å². The van der Waals surface area contributed by atoms with Crippen molar-refractivity contribution in [3.05, 3.63) is 23.9 Å². The van der Waals surface area contributed by atoms with E-state index in [1.165, 1.54) is 6.07 Å². The van der Waals surface area contributed by atoms with E-state index in [-0.39, 0.29) is 17.8 Å². The molecule has 0 bridgehead atoms. The fourth-order valence-electron chi connectivity index (χ4n) is 1.49. The van der Waals surface area contributed by atoms with E-state index in [2.05, 4.69) is 15.6 Å². The van der Waals surface area contributed by atoms with Crippen molar-refractivity contribution < 1.29 is 18.0 Å². The molecule has 1 heterocycles. The molecule has 0 spiro atoms. The van der Waals surface area contributed by atoms with Gasteiger partial charge in [0.1, 0.15) is 11.9 Å². The summed E-state index contributed by atoms with van der Waals surface area (Å²) in [4.78, 5) is 15.3. The lowest BCUT2D eigenvalue weighted by Gasteiger charge is -2.14. The molecule has 0 saturated heterocycles. The lowest BCUT2D eigenvalue weighted by atomic mass is 10.2. The number of alkyl halides is 3. The van der Waals surface area contributed by atoms with Crippen LogP contribution in [-0.2, 0) is 11.0 Å². The monoisotopic (exact) mass is 273 g/mol. The van der Waals surface area contributed by atoms with Gasteiger partial charge in [-0.15, -0.1) is 0 Å². The molecule has 1 fully saturated rings. The summed E-state index contributed by atoms with van der Waals surface area (Å²) in [6.07, 6.45) is -1.69. The number of aromatic nitrogens is 1. The van der Waals surface area contributed by atoms with Crippen LogP contribution in [0.1, 0.15) is 25.3 Å². The molecule has 4 nitrogen and oxygen atoms in total. The standard InChI is InChI=1S/C12H14F3N3O/c1-7(11(19)18-9-3-4-9)17-10-5-2-8(6-16-10)12(13,14)15/h2,5-7,9H,3-4H2,1H3,(H,16,17)(H,18,19). The molecule has 1 aliphatic rings. The van der Waals surface area contributed by atoms with E-state index in [4.69, 9.17) is 0 Å². The number of amides is 1. The molecule has 19 heavy (non-hydrogen) atoms. The van der Waals surface area contributed by atoms with Crippen molar-refractivity contribution >= 4 is 11.7 Å². The summed E-state index contributed by atoms with van der Waals surface area (Å²) in [6.45, 7) is 1.64. The highest BCUT2D eigenvalue weighted by atomic mass is 19.4. The van der Waals surface area contributed by atoms with Crippen LogP contribution in [0.3, 0.4) is 0 Å². The van der Waals surface area contributed by atoms with E-state index in [1.54, 1.807) is 6.92 Å². The van der Waals surface area contributed by atoms with Crippen molar-refractivity contribution in [1.29, 1.82) is 0 Å². The molecule has 7 heteroatoms. The number of halogens is 3. The number of pyridine rings is 1. The molecule has 1 amide bonds. The van der Waals surface area contributed by atoms with E-state index in [0.717, 1.165) is 25.1 Å². The molecule has 1 aromatic heterocycles. The second-order valence-corrected chi connectivity index (χ2v) is 4.58. The first kappa shape index (κ1) is 13.6. The summed E-state index contributed by atoms with van der Waals surface area (Å²) in [7, 11) is 0. The molecule has 0 aromatic carbocycles. The molecule has 0 radical (unpaired) electrons. The fourth-order valence-corrected chi connectivity index (χ4v) is 1.49. The Kier molecular flexibility index (Phi) is 3.64. The number of carbonyl (C=O) groups is 1. The number of nitrogens with one attached hydrogen (secondary N) is 2. The first-order valence-electron chi connectivity index (χ1n) is 5.96. The number of hydrogen-bond donors (Lipinski definition) is 2. The normalized spacial score (nSPS) is 16.8. The maximum atomic E-state index is 12.3. The highest BCUT2D eigenvalue weighted by Gasteiger charge is 2.31. The smallest absolute Gasteiger partial charge is 0.359 e.